The van der Waals surface area contributed by atoms with Crippen LogP contribution in [0.3, 0.4) is 0 Å². The number of rotatable bonds is 12. The van der Waals surface area contributed by atoms with Gasteiger partial charge >= 0.3 is 0 Å². The second-order valence-corrected chi connectivity index (χ2v) is 5.05. The number of ether oxygens (including phenoxy) is 2. The number of hydrogen-bond acceptors (Lipinski definition) is 3. The fraction of sp³-hybridized carbons (Fsp3) is 0.706. The van der Waals surface area contributed by atoms with Gasteiger partial charge in [0, 0.05) is 0 Å². The number of carbonyl (C=O) groups excluding carboxylic acids is 1. The molecule has 0 unspecified atom stereocenters. The molecule has 116 valence electrons. The molecule has 0 aromatic heterocycles. The molecule has 0 atom stereocenters. The second-order valence-electron chi connectivity index (χ2n) is 5.05. The van der Waals surface area contributed by atoms with Crippen molar-refractivity contribution in [1.82, 2.24) is 0 Å². The van der Waals surface area contributed by atoms with Crippen LogP contribution in [0.1, 0.15) is 53.4 Å². The lowest BCUT2D eigenvalue weighted by Gasteiger charge is -2.37. The molecule has 0 aliphatic heterocycles. The third kappa shape index (κ3) is 4.57. The molecule has 0 saturated carbocycles. The topological polar surface area (TPSA) is 35.5 Å². The number of ketones is 1. The molecule has 0 fully saturated rings. The summed E-state index contributed by atoms with van der Waals surface area (Å²) in [7, 11) is 0. The van der Waals surface area contributed by atoms with E-state index in [1.165, 1.54) is 6.08 Å². The van der Waals surface area contributed by atoms with Gasteiger partial charge < -0.3 is 9.47 Å². The molecule has 0 bridgehead atoms. The van der Waals surface area contributed by atoms with E-state index in [0.717, 1.165) is 12.8 Å². The highest BCUT2D eigenvalue weighted by molar-refractivity contribution is 5.96. The summed E-state index contributed by atoms with van der Waals surface area (Å²) in [6.07, 6.45) is 6.05. The average Bonchev–Trinajstić information content (AvgIpc) is 2.51. The third-order valence-corrected chi connectivity index (χ3v) is 4.18. The molecule has 0 saturated heterocycles. The van der Waals surface area contributed by atoms with Crippen LogP contribution in [0.4, 0.5) is 0 Å². The maximum Gasteiger partial charge on any atom is 0.186 e. The third-order valence-electron chi connectivity index (χ3n) is 4.18. The highest BCUT2D eigenvalue weighted by atomic mass is 16.6. The molecular formula is C17H30O3. The minimum Gasteiger partial charge on any atom is -0.369 e. The highest BCUT2D eigenvalue weighted by Gasteiger charge is 2.37. The molecular weight excluding hydrogens is 252 g/mol. The van der Waals surface area contributed by atoms with Crippen molar-refractivity contribution in [2.45, 2.75) is 64.6 Å². The SMILES string of the molecule is C=CCOC(CC)(CC)COC(CC)(CC)C(=O)C=C. The van der Waals surface area contributed by atoms with Crippen molar-refractivity contribution in [2.24, 2.45) is 0 Å². The van der Waals surface area contributed by atoms with Gasteiger partial charge in [0.15, 0.2) is 5.78 Å². The molecule has 0 aliphatic rings. The predicted octanol–water partition coefficient (Wildman–Crippen LogP) is 4.08. The largest absolute Gasteiger partial charge is 0.369 e. The zero-order valence-corrected chi connectivity index (χ0v) is 13.5. The number of hydrogen-bond donors (Lipinski definition) is 0. The zero-order chi connectivity index (χ0) is 15.6. The lowest BCUT2D eigenvalue weighted by atomic mass is 9.90. The smallest absolute Gasteiger partial charge is 0.186 e. The van der Waals surface area contributed by atoms with Crippen LogP contribution in [-0.2, 0) is 14.3 Å². The summed E-state index contributed by atoms with van der Waals surface area (Å²) in [5.74, 6) is -0.0488. The van der Waals surface area contributed by atoms with E-state index < -0.39 is 5.60 Å². The van der Waals surface area contributed by atoms with Gasteiger partial charge in [-0.15, -0.1) is 6.58 Å². The van der Waals surface area contributed by atoms with Gasteiger partial charge in [-0.05, 0) is 31.8 Å². The summed E-state index contributed by atoms with van der Waals surface area (Å²) in [5, 5.41) is 0. The molecule has 0 amide bonds. The molecule has 0 heterocycles. The van der Waals surface area contributed by atoms with Gasteiger partial charge in [0.25, 0.3) is 0 Å². The molecule has 0 N–H and O–H groups in total. The summed E-state index contributed by atoms with van der Waals surface area (Å²) >= 11 is 0. The Morgan fingerprint density at radius 2 is 1.55 bits per heavy atom. The molecule has 0 aromatic carbocycles. The van der Waals surface area contributed by atoms with E-state index in [0.29, 0.717) is 26.1 Å². The van der Waals surface area contributed by atoms with Crippen LogP contribution < -0.4 is 0 Å². The molecule has 0 spiro atoms. The first-order chi connectivity index (χ1) is 9.49. The van der Waals surface area contributed by atoms with E-state index in [1.54, 1.807) is 6.08 Å². The molecule has 0 aromatic rings. The van der Waals surface area contributed by atoms with Crippen molar-refractivity contribution in [3.63, 3.8) is 0 Å². The first-order valence-corrected chi connectivity index (χ1v) is 7.55. The lowest BCUT2D eigenvalue weighted by molar-refractivity contribution is -0.162. The number of carbonyl (C=O) groups is 1. The highest BCUT2D eigenvalue weighted by Crippen LogP contribution is 2.28. The summed E-state index contributed by atoms with van der Waals surface area (Å²) in [6.45, 7) is 16.3. The molecule has 0 radical (unpaired) electrons. The van der Waals surface area contributed by atoms with Gasteiger partial charge in [0.1, 0.15) is 5.60 Å². The van der Waals surface area contributed by atoms with Crippen LogP contribution in [0.15, 0.2) is 25.3 Å². The van der Waals surface area contributed by atoms with Crippen molar-refractivity contribution < 1.29 is 14.3 Å². The van der Waals surface area contributed by atoms with Gasteiger partial charge in [0.05, 0.1) is 18.8 Å². The zero-order valence-electron chi connectivity index (χ0n) is 13.5. The Labute approximate surface area is 124 Å². The summed E-state index contributed by atoms with van der Waals surface area (Å²) in [4.78, 5) is 12.1. The first-order valence-electron chi connectivity index (χ1n) is 7.55. The summed E-state index contributed by atoms with van der Waals surface area (Å²) in [5.41, 5.74) is -1.12. The van der Waals surface area contributed by atoms with Gasteiger partial charge in [-0.1, -0.05) is 40.3 Å². The molecule has 0 rings (SSSR count). The quantitative estimate of drug-likeness (QED) is 0.400. The van der Waals surface area contributed by atoms with E-state index in [-0.39, 0.29) is 11.4 Å². The molecule has 20 heavy (non-hydrogen) atoms. The van der Waals surface area contributed by atoms with E-state index in [1.807, 2.05) is 13.8 Å². The summed E-state index contributed by atoms with van der Waals surface area (Å²) in [6, 6.07) is 0. The maximum atomic E-state index is 12.1. The fourth-order valence-corrected chi connectivity index (χ4v) is 2.27. The van der Waals surface area contributed by atoms with E-state index in [2.05, 4.69) is 27.0 Å². The van der Waals surface area contributed by atoms with Crippen molar-refractivity contribution in [3.8, 4) is 0 Å². The van der Waals surface area contributed by atoms with E-state index in [9.17, 15) is 4.79 Å². The second kappa shape index (κ2) is 9.09. The van der Waals surface area contributed by atoms with Crippen LogP contribution in [0.5, 0.6) is 0 Å². The molecule has 3 nitrogen and oxygen atoms in total. The monoisotopic (exact) mass is 282 g/mol. The predicted molar refractivity (Wildman–Crippen MR) is 83.9 cm³/mol. The normalized spacial score (nSPS) is 12.2. The Morgan fingerprint density at radius 1 is 1.00 bits per heavy atom. The minimum absolute atomic E-state index is 0.0488. The Morgan fingerprint density at radius 3 is 1.90 bits per heavy atom. The van der Waals surface area contributed by atoms with Crippen LogP contribution in [0.25, 0.3) is 0 Å². The van der Waals surface area contributed by atoms with Crippen molar-refractivity contribution in [2.75, 3.05) is 13.2 Å². The Balaban J connectivity index is 5.00. The van der Waals surface area contributed by atoms with E-state index >= 15 is 0 Å². The Hall–Kier alpha value is -0.930. The maximum absolute atomic E-state index is 12.1. The van der Waals surface area contributed by atoms with Crippen LogP contribution >= 0.6 is 0 Å². The van der Waals surface area contributed by atoms with Crippen LogP contribution in [0.2, 0.25) is 0 Å². The van der Waals surface area contributed by atoms with Gasteiger partial charge in [-0.2, -0.15) is 0 Å². The Kier molecular flexibility index (Phi) is 8.67. The minimum atomic E-state index is -0.769. The first kappa shape index (κ1) is 19.1. The van der Waals surface area contributed by atoms with Crippen molar-refractivity contribution >= 4 is 5.78 Å². The van der Waals surface area contributed by atoms with Gasteiger partial charge in [-0.3, -0.25) is 4.79 Å². The fourth-order valence-electron chi connectivity index (χ4n) is 2.27. The lowest BCUT2D eigenvalue weighted by Crippen LogP contribution is -2.46. The average molecular weight is 282 g/mol. The molecule has 0 aliphatic carbocycles. The van der Waals surface area contributed by atoms with Gasteiger partial charge in [0.2, 0.25) is 0 Å². The van der Waals surface area contributed by atoms with E-state index in [4.69, 9.17) is 9.47 Å². The van der Waals surface area contributed by atoms with Crippen molar-refractivity contribution in [1.29, 1.82) is 0 Å². The molecule has 3 heteroatoms. The summed E-state index contributed by atoms with van der Waals surface area (Å²) < 4.78 is 11.9. The standard InChI is InChI=1S/C17H30O3/c1-7-13-19-16(9-3,10-4)14-20-17(11-5,12-6)15(18)8-2/h7-8H,1-2,9-14H2,3-6H3. The van der Waals surface area contributed by atoms with Crippen molar-refractivity contribution in [3.05, 3.63) is 25.3 Å². The van der Waals surface area contributed by atoms with Gasteiger partial charge in [-0.25, -0.2) is 0 Å². The van der Waals surface area contributed by atoms with Crippen LogP contribution in [-0.4, -0.2) is 30.2 Å². The van der Waals surface area contributed by atoms with Crippen LogP contribution in [0, 0.1) is 0 Å². The Bertz CT molecular complexity index is 312.